The van der Waals surface area contributed by atoms with Gasteiger partial charge in [0.2, 0.25) is 5.91 Å². The number of hydrogen-bond acceptors (Lipinski definition) is 9. The zero-order valence-corrected chi connectivity index (χ0v) is 15.4. The molecular weight excluding hydrogens is 368 g/mol. The Kier molecular flexibility index (Phi) is 6.42. The van der Waals surface area contributed by atoms with Gasteiger partial charge < -0.3 is 41.4 Å². The fourth-order valence-corrected chi connectivity index (χ4v) is 3.26. The van der Waals surface area contributed by atoms with E-state index >= 15 is 0 Å². The van der Waals surface area contributed by atoms with E-state index in [2.05, 4.69) is 25.6 Å². The van der Waals surface area contributed by atoms with E-state index in [9.17, 15) is 20.1 Å². The summed E-state index contributed by atoms with van der Waals surface area (Å²) < 4.78 is 5.79. The van der Waals surface area contributed by atoms with Crippen LogP contribution in [0.15, 0.2) is 18.6 Å². The van der Waals surface area contributed by atoms with Gasteiger partial charge in [-0.05, 0) is 26.0 Å². The number of aromatic nitrogens is 3. The zero-order valence-electron chi connectivity index (χ0n) is 15.4. The predicted octanol–water partition coefficient (Wildman–Crippen LogP) is -1.58. The first-order valence-corrected chi connectivity index (χ1v) is 9.14. The molecule has 0 saturated carbocycles. The van der Waals surface area contributed by atoms with Crippen molar-refractivity contribution in [2.75, 3.05) is 11.9 Å². The maximum Gasteiger partial charge on any atom is 0.222 e. The molecule has 1 saturated heterocycles. The third-order valence-electron chi connectivity index (χ3n) is 4.77. The number of aromatic amines is 1. The zero-order chi connectivity index (χ0) is 20.3. The Morgan fingerprint density at radius 3 is 2.93 bits per heavy atom. The van der Waals surface area contributed by atoms with Gasteiger partial charge in [0.05, 0.1) is 36.7 Å². The number of imidazole rings is 1. The molecule has 3 rings (SSSR count). The minimum atomic E-state index is -1.30. The number of hydrogen-bond donors (Lipinski definition) is 7. The standard InChI is InChI=1S/C17H26N6O5/c1-8-12(23-11(25)6-9(24)2-4-18)14(26)15(27)17(28-8)22-10-3-5-19-16-13(10)20-7-21-16/h3,5,7-9,12,14-15,17,24,26-27H,2,4,6,18H2,1H3,(H,23,25)(H2,19,20,21,22)/t8-,9-,12-,14+,15+,17-/m0/s1. The van der Waals surface area contributed by atoms with E-state index in [0.717, 1.165) is 0 Å². The van der Waals surface area contributed by atoms with Crippen LogP contribution in [0.4, 0.5) is 5.69 Å². The van der Waals surface area contributed by atoms with Gasteiger partial charge in [0.15, 0.2) is 11.9 Å². The molecule has 154 valence electrons. The molecule has 3 heterocycles. The number of aliphatic hydroxyl groups excluding tert-OH is 3. The minimum absolute atomic E-state index is 0.139. The second-order valence-electron chi connectivity index (χ2n) is 6.88. The van der Waals surface area contributed by atoms with Crippen LogP contribution in [0.25, 0.3) is 11.2 Å². The molecule has 1 aliphatic heterocycles. The van der Waals surface area contributed by atoms with Crippen molar-refractivity contribution in [1.82, 2.24) is 20.3 Å². The molecule has 0 aliphatic carbocycles. The molecule has 28 heavy (non-hydrogen) atoms. The van der Waals surface area contributed by atoms with Gasteiger partial charge in [-0.15, -0.1) is 0 Å². The number of carbonyl (C=O) groups is 1. The molecule has 11 nitrogen and oxygen atoms in total. The topological polar surface area (TPSA) is 179 Å². The molecule has 2 aromatic heterocycles. The van der Waals surface area contributed by atoms with Crippen molar-refractivity contribution in [1.29, 1.82) is 0 Å². The van der Waals surface area contributed by atoms with Crippen molar-refractivity contribution >= 4 is 22.8 Å². The summed E-state index contributed by atoms with van der Waals surface area (Å²) in [7, 11) is 0. The third-order valence-corrected chi connectivity index (χ3v) is 4.77. The summed E-state index contributed by atoms with van der Waals surface area (Å²) >= 11 is 0. The molecule has 1 amide bonds. The van der Waals surface area contributed by atoms with Crippen molar-refractivity contribution in [2.45, 2.75) is 56.5 Å². The van der Waals surface area contributed by atoms with E-state index in [-0.39, 0.29) is 13.0 Å². The van der Waals surface area contributed by atoms with Crippen molar-refractivity contribution in [3.05, 3.63) is 18.6 Å². The van der Waals surface area contributed by atoms with Crippen LogP contribution < -0.4 is 16.4 Å². The maximum absolute atomic E-state index is 12.1. The van der Waals surface area contributed by atoms with Gasteiger partial charge in [-0.25, -0.2) is 9.97 Å². The number of aliphatic hydroxyl groups is 3. The number of rotatable bonds is 7. The summed E-state index contributed by atoms with van der Waals surface area (Å²) in [6.45, 7) is 1.95. The van der Waals surface area contributed by atoms with Crippen LogP contribution in [0.5, 0.6) is 0 Å². The van der Waals surface area contributed by atoms with Crippen molar-refractivity contribution in [2.24, 2.45) is 5.73 Å². The van der Waals surface area contributed by atoms with E-state index in [1.54, 1.807) is 19.2 Å². The Labute approximate surface area is 161 Å². The SMILES string of the molecule is C[C@@H]1O[C@H](Nc2ccnc3nc[nH]c23)[C@H](O)[C@H](O)[C@H]1NC(=O)C[C@@H](O)CCN. The van der Waals surface area contributed by atoms with Crippen LogP contribution in [0, 0.1) is 0 Å². The van der Waals surface area contributed by atoms with Gasteiger partial charge >= 0.3 is 0 Å². The molecule has 0 spiro atoms. The molecule has 1 aliphatic rings. The van der Waals surface area contributed by atoms with Crippen LogP contribution in [0.2, 0.25) is 0 Å². The predicted molar refractivity (Wildman–Crippen MR) is 100 cm³/mol. The summed E-state index contributed by atoms with van der Waals surface area (Å²) in [5.41, 5.74) is 7.11. The average Bonchev–Trinajstić information content (AvgIpc) is 3.13. The normalized spacial score (nSPS) is 28.8. The molecular formula is C17H26N6O5. The largest absolute Gasteiger partial charge is 0.393 e. The van der Waals surface area contributed by atoms with Crippen LogP contribution in [0.3, 0.4) is 0 Å². The summed E-state index contributed by atoms with van der Waals surface area (Å²) in [6.07, 6.45) is -1.70. The first-order chi connectivity index (χ1) is 13.4. The fraction of sp³-hybridized carbons (Fsp3) is 0.588. The number of nitrogens with one attached hydrogen (secondary N) is 3. The Bertz CT molecular complexity index is 801. The van der Waals surface area contributed by atoms with Gasteiger partial charge in [-0.3, -0.25) is 4.79 Å². The maximum atomic E-state index is 12.1. The monoisotopic (exact) mass is 394 g/mol. The van der Waals surface area contributed by atoms with Gasteiger partial charge in [-0.1, -0.05) is 0 Å². The first kappa shape index (κ1) is 20.4. The summed E-state index contributed by atoms with van der Waals surface area (Å²) in [4.78, 5) is 23.2. The van der Waals surface area contributed by atoms with Crippen LogP contribution in [0.1, 0.15) is 19.8 Å². The van der Waals surface area contributed by atoms with E-state index in [1.807, 2.05) is 0 Å². The number of nitrogens with zero attached hydrogens (tertiary/aromatic N) is 2. The lowest BCUT2D eigenvalue weighted by Crippen LogP contribution is -2.64. The molecule has 0 aromatic carbocycles. The third kappa shape index (κ3) is 4.39. The summed E-state index contributed by atoms with van der Waals surface area (Å²) in [5, 5.41) is 36.4. The van der Waals surface area contributed by atoms with E-state index < -0.39 is 42.6 Å². The number of amides is 1. The highest BCUT2D eigenvalue weighted by atomic mass is 16.5. The van der Waals surface area contributed by atoms with E-state index in [0.29, 0.717) is 23.3 Å². The van der Waals surface area contributed by atoms with Crippen molar-refractivity contribution in [3.63, 3.8) is 0 Å². The lowest BCUT2D eigenvalue weighted by Gasteiger charge is -2.42. The van der Waals surface area contributed by atoms with Crippen LogP contribution >= 0.6 is 0 Å². The number of H-pyrrole nitrogens is 1. The van der Waals surface area contributed by atoms with Crippen LogP contribution in [-0.4, -0.2) is 79.4 Å². The molecule has 6 atom stereocenters. The Balaban J connectivity index is 1.65. The van der Waals surface area contributed by atoms with E-state index in [1.165, 1.54) is 6.33 Å². The fourth-order valence-electron chi connectivity index (χ4n) is 3.26. The number of pyridine rings is 1. The number of nitrogens with two attached hydrogens (primary N) is 1. The first-order valence-electron chi connectivity index (χ1n) is 9.14. The molecule has 1 fully saturated rings. The van der Waals surface area contributed by atoms with Crippen molar-refractivity contribution in [3.8, 4) is 0 Å². The second kappa shape index (κ2) is 8.80. The number of carbonyl (C=O) groups excluding carboxylic acids is 1. The molecule has 2 aromatic rings. The summed E-state index contributed by atoms with van der Waals surface area (Å²) in [5.74, 6) is -0.452. The second-order valence-corrected chi connectivity index (χ2v) is 6.88. The highest BCUT2D eigenvalue weighted by Crippen LogP contribution is 2.25. The highest BCUT2D eigenvalue weighted by molar-refractivity contribution is 5.84. The quantitative estimate of drug-likeness (QED) is 0.292. The molecule has 0 unspecified atom stereocenters. The number of ether oxygens (including phenoxy) is 1. The molecule has 11 heteroatoms. The van der Waals surface area contributed by atoms with Crippen molar-refractivity contribution < 1.29 is 24.9 Å². The highest BCUT2D eigenvalue weighted by Gasteiger charge is 2.43. The molecule has 0 bridgehead atoms. The average molecular weight is 394 g/mol. The Morgan fingerprint density at radius 2 is 2.18 bits per heavy atom. The van der Waals surface area contributed by atoms with Gasteiger partial charge in [-0.2, -0.15) is 0 Å². The van der Waals surface area contributed by atoms with Gasteiger partial charge in [0.1, 0.15) is 17.7 Å². The minimum Gasteiger partial charge on any atom is -0.393 e. The number of anilines is 1. The lowest BCUT2D eigenvalue weighted by molar-refractivity contribution is -0.173. The van der Waals surface area contributed by atoms with E-state index in [4.69, 9.17) is 10.5 Å². The summed E-state index contributed by atoms with van der Waals surface area (Å²) in [6, 6.07) is 0.871. The Hall–Kier alpha value is -2.31. The smallest absolute Gasteiger partial charge is 0.222 e. The Morgan fingerprint density at radius 1 is 1.39 bits per heavy atom. The lowest BCUT2D eigenvalue weighted by atomic mass is 9.95. The van der Waals surface area contributed by atoms with Gasteiger partial charge in [0, 0.05) is 6.20 Å². The number of fused-ring (bicyclic) bond motifs is 1. The van der Waals surface area contributed by atoms with Crippen LogP contribution in [-0.2, 0) is 9.53 Å². The molecule has 8 N–H and O–H groups in total. The molecule has 0 radical (unpaired) electrons. The van der Waals surface area contributed by atoms with Gasteiger partial charge in [0.25, 0.3) is 0 Å².